The number of halogens is 2. The maximum absolute atomic E-state index is 13.4. The van der Waals surface area contributed by atoms with E-state index in [0.717, 1.165) is 11.3 Å². The van der Waals surface area contributed by atoms with Crippen molar-refractivity contribution in [1.82, 2.24) is 4.98 Å². The third-order valence-corrected chi connectivity index (χ3v) is 3.87. The molecule has 5 nitrogen and oxygen atoms in total. The van der Waals surface area contributed by atoms with E-state index in [1.54, 1.807) is 6.92 Å². The third kappa shape index (κ3) is 3.02. The standard InChI is InChI=1S/C12H8BrFN2O3S/c1-5-2-6(13)7(14)3-8(5)15-10(17)9-4-20-11(16-9)12(18)19/h2-4H,1H3,(H,15,17)(H,18,19). The summed E-state index contributed by atoms with van der Waals surface area (Å²) in [5, 5.41) is 12.4. The number of hydrogen-bond acceptors (Lipinski definition) is 4. The summed E-state index contributed by atoms with van der Waals surface area (Å²) < 4.78 is 13.7. The van der Waals surface area contributed by atoms with Crippen LogP contribution in [0.4, 0.5) is 10.1 Å². The maximum atomic E-state index is 13.4. The van der Waals surface area contributed by atoms with Gasteiger partial charge in [0.2, 0.25) is 5.01 Å². The number of hydrogen-bond donors (Lipinski definition) is 2. The third-order valence-electron chi connectivity index (χ3n) is 2.44. The molecule has 1 amide bonds. The first-order valence-corrected chi connectivity index (χ1v) is 7.01. The van der Waals surface area contributed by atoms with Crippen LogP contribution in [0.15, 0.2) is 22.0 Å². The molecule has 0 spiro atoms. The Balaban J connectivity index is 2.23. The number of carboxylic acid groups (broad SMARTS) is 1. The van der Waals surface area contributed by atoms with E-state index in [4.69, 9.17) is 5.11 Å². The number of nitrogens with zero attached hydrogens (tertiary/aromatic N) is 1. The fraction of sp³-hybridized carbons (Fsp3) is 0.0833. The number of carbonyl (C=O) groups is 2. The molecule has 0 atom stereocenters. The molecule has 0 aliphatic rings. The molecule has 0 aliphatic carbocycles. The number of amides is 1. The molecule has 1 aromatic heterocycles. The Morgan fingerprint density at radius 3 is 2.75 bits per heavy atom. The van der Waals surface area contributed by atoms with Gasteiger partial charge in [-0.3, -0.25) is 4.79 Å². The van der Waals surface area contributed by atoms with Crippen LogP contribution in [0.25, 0.3) is 0 Å². The predicted molar refractivity (Wildman–Crippen MR) is 75.9 cm³/mol. The molecule has 1 heterocycles. The predicted octanol–water partition coefficient (Wildman–Crippen LogP) is 3.30. The van der Waals surface area contributed by atoms with Crippen LogP contribution in [-0.4, -0.2) is 22.0 Å². The van der Waals surface area contributed by atoms with Gasteiger partial charge in [0.15, 0.2) is 0 Å². The molecule has 0 aliphatic heterocycles. The molecule has 8 heteroatoms. The number of aromatic nitrogens is 1. The van der Waals surface area contributed by atoms with Gasteiger partial charge < -0.3 is 10.4 Å². The summed E-state index contributed by atoms with van der Waals surface area (Å²) in [6.07, 6.45) is 0. The van der Waals surface area contributed by atoms with E-state index in [-0.39, 0.29) is 10.7 Å². The van der Waals surface area contributed by atoms with Crippen LogP contribution in [-0.2, 0) is 0 Å². The molecule has 20 heavy (non-hydrogen) atoms. The van der Waals surface area contributed by atoms with Crippen LogP contribution >= 0.6 is 27.3 Å². The molecule has 104 valence electrons. The minimum absolute atomic E-state index is 0.0184. The average Bonchev–Trinajstić information content (AvgIpc) is 2.85. The number of rotatable bonds is 3. The van der Waals surface area contributed by atoms with Crippen molar-refractivity contribution in [2.75, 3.05) is 5.32 Å². The highest BCUT2D eigenvalue weighted by Crippen LogP contribution is 2.24. The van der Waals surface area contributed by atoms with E-state index in [9.17, 15) is 14.0 Å². The molecular weight excluding hydrogens is 351 g/mol. The fourth-order valence-electron chi connectivity index (χ4n) is 1.44. The summed E-state index contributed by atoms with van der Waals surface area (Å²) in [5.74, 6) is -2.28. The smallest absolute Gasteiger partial charge is 0.365 e. The average molecular weight is 359 g/mol. The van der Waals surface area contributed by atoms with E-state index in [2.05, 4.69) is 26.2 Å². The van der Waals surface area contributed by atoms with E-state index in [0.29, 0.717) is 15.7 Å². The molecule has 0 fully saturated rings. The Labute approximate surface area is 125 Å². The summed E-state index contributed by atoms with van der Waals surface area (Å²) in [4.78, 5) is 26.3. The van der Waals surface area contributed by atoms with Crippen LogP contribution in [0.5, 0.6) is 0 Å². The minimum atomic E-state index is -1.19. The van der Waals surface area contributed by atoms with Gasteiger partial charge in [-0.05, 0) is 40.5 Å². The van der Waals surface area contributed by atoms with Crippen LogP contribution in [0.2, 0.25) is 0 Å². The molecule has 0 unspecified atom stereocenters. The largest absolute Gasteiger partial charge is 0.476 e. The van der Waals surface area contributed by atoms with Crippen molar-refractivity contribution in [3.8, 4) is 0 Å². The van der Waals surface area contributed by atoms with Gasteiger partial charge in [-0.1, -0.05) is 0 Å². The molecule has 2 aromatic rings. The highest BCUT2D eigenvalue weighted by Gasteiger charge is 2.16. The normalized spacial score (nSPS) is 10.3. The molecule has 2 rings (SSSR count). The zero-order chi connectivity index (χ0) is 14.9. The van der Waals surface area contributed by atoms with Gasteiger partial charge in [-0.2, -0.15) is 0 Å². The first kappa shape index (κ1) is 14.6. The zero-order valence-corrected chi connectivity index (χ0v) is 12.5. The zero-order valence-electron chi connectivity index (χ0n) is 10.1. The van der Waals surface area contributed by atoms with Gasteiger partial charge in [-0.25, -0.2) is 14.2 Å². The summed E-state index contributed by atoms with van der Waals surface area (Å²) in [5.41, 5.74) is 0.955. The monoisotopic (exact) mass is 358 g/mol. The SMILES string of the molecule is Cc1cc(Br)c(F)cc1NC(=O)c1csc(C(=O)O)n1. The molecule has 0 bridgehead atoms. The molecule has 2 N–H and O–H groups in total. The lowest BCUT2D eigenvalue weighted by Gasteiger charge is -2.08. The number of carbonyl (C=O) groups excluding carboxylic acids is 1. The van der Waals surface area contributed by atoms with Crippen molar-refractivity contribution in [2.45, 2.75) is 6.92 Å². The second-order valence-electron chi connectivity index (χ2n) is 3.88. The summed E-state index contributed by atoms with van der Waals surface area (Å²) in [7, 11) is 0. The number of aryl methyl sites for hydroxylation is 1. The lowest BCUT2D eigenvalue weighted by Crippen LogP contribution is -2.14. The number of thiazole rings is 1. The van der Waals surface area contributed by atoms with Gasteiger partial charge >= 0.3 is 5.97 Å². The van der Waals surface area contributed by atoms with Crippen molar-refractivity contribution in [3.05, 3.63) is 44.1 Å². The highest BCUT2D eigenvalue weighted by molar-refractivity contribution is 9.10. The van der Waals surface area contributed by atoms with Crippen molar-refractivity contribution < 1.29 is 19.1 Å². The van der Waals surface area contributed by atoms with Gasteiger partial charge in [-0.15, -0.1) is 11.3 Å². The number of nitrogens with one attached hydrogen (secondary N) is 1. The quantitative estimate of drug-likeness (QED) is 0.881. The van der Waals surface area contributed by atoms with E-state index in [1.165, 1.54) is 17.5 Å². The first-order valence-electron chi connectivity index (χ1n) is 5.34. The molecule has 1 aromatic carbocycles. The Kier molecular flexibility index (Phi) is 4.15. The van der Waals surface area contributed by atoms with E-state index in [1.807, 2.05) is 0 Å². The summed E-state index contributed by atoms with van der Waals surface area (Å²) in [6.45, 7) is 1.71. The Morgan fingerprint density at radius 1 is 1.45 bits per heavy atom. The van der Waals surface area contributed by atoms with Crippen LogP contribution in [0.1, 0.15) is 25.9 Å². The Hall–Kier alpha value is -1.80. The number of benzene rings is 1. The first-order chi connectivity index (χ1) is 9.38. The lowest BCUT2D eigenvalue weighted by molar-refractivity contribution is 0.0696. The molecular formula is C12H8BrFN2O3S. The summed E-state index contributed by atoms with van der Waals surface area (Å²) in [6, 6.07) is 2.72. The van der Waals surface area contributed by atoms with E-state index < -0.39 is 17.7 Å². The van der Waals surface area contributed by atoms with Crippen molar-refractivity contribution >= 4 is 44.8 Å². The Bertz CT molecular complexity index is 702. The van der Waals surface area contributed by atoms with E-state index >= 15 is 0 Å². The second kappa shape index (κ2) is 5.68. The van der Waals surface area contributed by atoms with Gasteiger partial charge in [0.25, 0.3) is 5.91 Å². The Morgan fingerprint density at radius 2 is 2.15 bits per heavy atom. The van der Waals surface area contributed by atoms with Crippen LogP contribution < -0.4 is 5.32 Å². The topological polar surface area (TPSA) is 79.3 Å². The van der Waals surface area contributed by atoms with Gasteiger partial charge in [0.1, 0.15) is 11.5 Å². The van der Waals surface area contributed by atoms with Crippen LogP contribution in [0, 0.1) is 12.7 Å². The molecule has 0 saturated heterocycles. The molecule has 0 saturated carbocycles. The van der Waals surface area contributed by atoms with Gasteiger partial charge in [0.05, 0.1) is 4.47 Å². The fourth-order valence-corrected chi connectivity index (χ4v) is 2.54. The van der Waals surface area contributed by atoms with Crippen molar-refractivity contribution in [2.24, 2.45) is 0 Å². The van der Waals surface area contributed by atoms with Crippen LogP contribution in [0.3, 0.4) is 0 Å². The number of anilines is 1. The minimum Gasteiger partial charge on any atom is -0.476 e. The molecule has 0 radical (unpaired) electrons. The van der Waals surface area contributed by atoms with Crippen molar-refractivity contribution in [3.63, 3.8) is 0 Å². The lowest BCUT2D eigenvalue weighted by atomic mass is 10.2. The second-order valence-corrected chi connectivity index (χ2v) is 5.59. The van der Waals surface area contributed by atoms with Gasteiger partial charge in [0, 0.05) is 11.1 Å². The number of carboxylic acids is 1. The van der Waals surface area contributed by atoms with Crippen molar-refractivity contribution in [1.29, 1.82) is 0 Å². The summed E-state index contributed by atoms with van der Waals surface area (Å²) >= 11 is 3.90. The highest BCUT2D eigenvalue weighted by atomic mass is 79.9. The maximum Gasteiger partial charge on any atom is 0.365 e. The number of aromatic carboxylic acids is 1.